The fourth-order valence-corrected chi connectivity index (χ4v) is 1.54. The van der Waals surface area contributed by atoms with E-state index in [0.717, 1.165) is 23.9 Å². The second kappa shape index (κ2) is 6.16. The Morgan fingerprint density at radius 1 is 1.47 bits per heavy atom. The molecule has 1 rings (SSSR count). The third kappa shape index (κ3) is 4.00. The molecule has 0 unspecified atom stereocenters. The number of benzene rings is 1. The minimum absolute atomic E-state index is 0.0406. The number of carbonyl (C=O) groups excluding carboxylic acids is 1. The molecule has 0 amide bonds. The van der Waals surface area contributed by atoms with Gasteiger partial charge in [0.05, 0.1) is 5.56 Å². The molecule has 0 spiro atoms. The van der Waals surface area contributed by atoms with Crippen LogP contribution in [-0.4, -0.2) is 10.9 Å². The van der Waals surface area contributed by atoms with Crippen molar-refractivity contribution in [2.75, 3.05) is 5.75 Å². The van der Waals surface area contributed by atoms with Gasteiger partial charge in [-0.2, -0.15) is 5.26 Å². The Bertz CT molecular complexity index is 506. The van der Waals surface area contributed by atoms with Crippen LogP contribution in [0.15, 0.2) is 18.2 Å². The smallest absolute Gasteiger partial charge is 0.186 e. The number of nitrogens with zero attached hydrogens (tertiary/aromatic N) is 1. The Labute approximate surface area is 102 Å². The summed E-state index contributed by atoms with van der Waals surface area (Å²) in [7, 11) is 0. The molecule has 0 heterocycles. The zero-order valence-electron chi connectivity index (χ0n) is 9.04. The first kappa shape index (κ1) is 13.4. The molecule has 0 aliphatic rings. The van der Waals surface area contributed by atoms with E-state index in [1.165, 1.54) is 13.0 Å². The minimum atomic E-state index is -0.757. The minimum Gasteiger partial charge on any atom is -0.288 e. The van der Waals surface area contributed by atoms with Gasteiger partial charge in [0.2, 0.25) is 0 Å². The summed E-state index contributed by atoms with van der Waals surface area (Å²) in [4.78, 5) is 10.6. The van der Waals surface area contributed by atoms with Crippen LogP contribution in [0.2, 0.25) is 0 Å². The number of nitriles is 1. The second-order valence-corrected chi connectivity index (χ2v) is 4.37. The number of halogens is 2. The van der Waals surface area contributed by atoms with E-state index in [0.29, 0.717) is 5.75 Å². The van der Waals surface area contributed by atoms with Gasteiger partial charge in [-0.15, -0.1) is 0 Å². The Balaban J connectivity index is 2.82. The number of hydrogen-bond donors (Lipinski definition) is 0. The maximum Gasteiger partial charge on any atom is 0.186 e. The van der Waals surface area contributed by atoms with Crippen LogP contribution < -0.4 is 0 Å². The van der Waals surface area contributed by atoms with Gasteiger partial charge in [-0.25, -0.2) is 8.78 Å². The van der Waals surface area contributed by atoms with Gasteiger partial charge in [-0.1, -0.05) is 23.9 Å². The van der Waals surface area contributed by atoms with E-state index in [2.05, 4.69) is 0 Å². The Kier molecular flexibility index (Phi) is 4.85. The Hall–Kier alpha value is -1.67. The summed E-state index contributed by atoms with van der Waals surface area (Å²) in [5.74, 6) is -1.02. The molecule has 0 aromatic heterocycles. The predicted molar refractivity (Wildman–Crippen MR) is 63.2 cm³/mol. The molecule has 0 aliphatic heterocycles. The van der Waals surface area contributed by atoms with Crippen molar-refractivity contribution in [2.45, 2.75) is 6.92 Å². The molecule has 0 saturated carbocycles. The fraction of sp³-hybridized carbons (Fsp3) is 0.167. The van der Waals surface area contributed by atoms with Crippen molar-refractivity contribution in [1.29, 1.82) is 5.26 Å². The van der Waals surface area contributed by atoms with Gasteiger partial charge >= 0.3 is 0 Å². The molecule has 0 saturated heterocycles. The SMILES string of the molecule is CC(=O)SCC=Cc1cc(F)c(C#N)cc1F. The van der Waals surface area contributed by atoms with Gasteiger partial charge in [0.1, 0.15) is 17.7 Å². The summed E-state index contributed by atoms with van der Waals surface area (Å²) in [6, 6.07) is 3.37. The Morgan fingerprint density at radius 2 is 2.18 bits per heavy atom. The highest BCUT2D eigenvalue weighted by Crippen LogP contribution is 2.16. The zero-order valence-corrected chi connectivity index (χ0v) is 9.85. The maximum absolute atomic E-state index is 13.4. The molecule has 1 aromatic rings. The lowest BCUT2D eigenvalue weighted by Crippen LogP contribution is -1.90. The molecule has 88 valence electrons. The molecule has 0 N–H and O–H groups in total. The number of thioether (sulfide) groups is 1. The lowest BCUT2D eigenvalue weighted by Gasteiger charge is -1.99. The molecule has 0 radical (unpaired) electrons. The van der Waals surface area contributed by atoms with Crippen molar-refractivity contribution in [3.05, 3.63) is 41.0 Å². The van der Waals surface area contributed by atoms with Crippen LogP contribution in [0.3, 0.4) is 0 Å². The third-order valence-electron chi connectivity index (χ3n) is 1.89. The summed E-state index contributed by atoms with van der Waals surface area (Å²) in [6.45, 7) is 1.43. The molecule has 0 fully saturated rings. The highest BCUT2D eigenvalue weighted by Gasteiger charge is 2.07. The normalized spacial score (nSPS) is 10.5. The standard InChI is InChI=1S/C12H9F2NOS/c1-8(16)17-4-2-3-9-5-12(14)10(7-15)6-11(9)13/h2-3,5-6H,4H2,1H3. The molecule has 1 aromatic carbocycles. The van der Waals surface area contributed by atoms with E-state index in [1.807, 2.05) is 0 Å². The van der Waals surface area contributed by atoms with Crippen LogP contribution in [-0.2, 0) is 4.79 Å². The summed E-state index contributed by atoms with van der Waals surface area (Å²) in [5.41, 5.74) is -0.261. The van der Waals surface area contributed by atoms with Gasteiger partial charge in [0.15, 0.2) is 5.12 Å². The number of carbonyl (C=O) groups is 1. The van der Waals surface area contributed by atoms with Crippen LogP contribution >= 0.6 is 11.8 Å². The van der Waals surface area contributed by atoms with Crippen molar-refractivity contribution in [3.63, 3.8) is 0 Å². The Morgan fingerprint density at radius 3 is 2.76 bits per heavy atom. The number of hydrogen-bond acceptors (Lipinski definition) is 3. The molecular weight excluding hydrogens is 244 g/mol. The average Bonchev–Trinajstić information content (AvgIpc) is 2.28. The van der Waals surface area contributed by atoms with E-state index in [-0.39, 0.29) is 16.2 Å². The third-order valence-corrected chi connectivity index (χ3v) is 2.65. The first-order valence-electron chi connectivity index (χ1n) is 4.73. The van der Waals surface area contributed by atoms with Gasteiger partial charge < -0.3 is 0 Å². The first-order valence-corrected chi connectivity index (χ1v) is 5.72. The van der Waals surface area contributed by atoms with E-state index in [1.54, 1.807) is 12.1 Å². The van der Waals surface area contributed by atoms with Crippen LogP contribution in [0.1, 0.15) is 18.1 Å². The fourth-order valence-electron chi connectivity index (χ4n) is 1.12. The summed E-state index contributed by atoms with van der Waals surface area (Å²) in [5, 5.41) is 8.45. The molecule has 0 atom stereocenters. The lowest BCUT2D eigenvalue weighted by molar-refractivity contribution is -0.109. The van der Waals surface area contributed by atoms with Crippen molar-refractivity contribution < 1.29 is 13.6 Å². The molecule has 2 nitrogen and oxygen atoms in total. The monoisotopic (exact) mass is 253 g/mol. The van der Waals surface area contributed by atoms with Gasteiger partial charge in [-0.3, -0.25) is 4.79 Å². The first-order chi connectivity index (χ1) is 8.04. The van der Waals surface area contributed by atoms with Crippen molar-refractivity contribution >= 4 is 23.0 Å². The van der Waals surface area contributed by atoms with Crippen LogP contribution in [0, 0.1) is 23.0 Å². The van der Waals surface area contributed by atoms with Crippen LogP contribution in [0.4, 0.5) is 8.78 Å². The van der Waals surface area contributed by atoms with Crippen molar-refractivity contribution in [1.82, 2.24) is 0 Å². The van der Waals surface area contributed by atoms with Gasteiger partial charge in [0, 0.05) is 18.2 Å². The lowest BCUT2D eigenvalue weighted by atomic mass is 10.1. The molecule has 0 aliphatic carbocycles. The van der Waals surface area contributed by atoms with Crippen LogP contribution in [0.5, 0.6) is 0 Å². The molecule has 0 bridgehead atoms. The molecule has 5 heteroatoms. The summed E-state index contributed by atoms with van der Waals surface area (Å²) < 4.78 is 26.5. The van der Waals surface area contributed by atoms with Crippen LogP contribution in [0.25, 0.3) is 6.08 Å². The van der Waals surface area contributed by atoms with E-state index < -0.39 is 11.6 Å². The summed E-state index contributed by atoms with van der Waals surface area (Å²) >= 11 is 1.07. The highest BCUT2D eigenvalue weighted by atomic mass is 32.2. The maximum atomic E-state index is 13.4. The molecular formula is C12H9F2NOS. The largest absolute Gasteiger partial charge is 0.288 e. The van der Waals surface area contributed by atoms with Gasteiger partial charge in [0.25, 0.3) is 0 Å². The van der Waals surface area contributed by atoms with E-state index in [9.17, 15) is 13.6 Å². The van der Waals surface area contributed by atoms with E-state index >= 15 is 0 Å². The van der Waals surface area contributed by atoms with Crippen molar-refractivity contribution in [3.8, 4) is 6.07 Å². The zero-order chi connectivity index (χ0) is 12.8. The van der Waals surface area contributed by atoms with Gasteiger partial charge in [-0.05, 0) is 12.1 Å². The average molecular weight is 253 g/mol. The quantitative estimate of drug-likeness (QED) is 0.831. The number of rotatable bonds is 3. The van der Waals surface area contributed by atoms with Crippen molar-refractivity contribution in [2.24, 2.45) is 0 Å². The highest BCUT2D eigenvalue weighted by molar-refractivity contribution is 8.13. The van der Waals surface area contributed by atoms with E-state index in [4.69, 9.17) is 5.26 Å². The second-order valence-electron chi connectivity index (χ2n) is 3.17. The summed E-state index contributed by atoms with van der Waals surface area (Å²) in [6.07, 6.45) is 2.95. The molecule has 17 heavy (non-hydrogen) atoms. The predicted octanol–water partition coefficient (Wildman–Crippen LogP) is 3.13. The topological polar surface area (TPSA) is 40.9 Å².